The number of ether oxygens (including phenoxy) is 3. The van der Waals surface area contributed by atoms with Gasteiger partial charge >= 0.3 is 5.97 Å². The number of hydrogen-bond acceptors (Lipinski definition) is 5. The number of carbonyl (C=O) groups excluding carboxylic acids is 1. The lowest BCUT2D eigenvalue weighted by molar-refractivity contribution is -0.137. The van der Waals surface area contributed by atoms with Crippen LogP contribution < -0.4 is 9.47 Å². The molecule has 2 aromatic carbocycles. The van der Waals surface area contributed by atoms with Gasteiger partial charge in [0.25, 0.3) is 0 Å². The summed E-state index contributed by atoms with van der Waals surface area (Å²) in [5, 5.41) is 1.46. The molecule has 3 rings (SSSR count). The largest absolute Gasteiger partial charge is 0.492 e. The quantitative estimate of drug-likeness (QED) is 0.141. The lowest BCUT2D eigenvalue weighted by atomic mass is 10.1. The highest BCUT2D eigenvalue weighted by molar-refractivity contribution is 6.42. The van der Waals surface area contributed by atoms with Crippen LogP contribution in [-0.2, 0) is 16.0 Å². The van der Waals surface area contributed by atoms with Crippen LogP contribution in [-0.4, -0.2) is 24.2 Å². The Morgan fingerprint density at radius 2 is 1.83 bits per heavy atom. The normalized spacial score (nSPS) is 11.0. The molecule has 0 saturated carbocycles. The number of nitrogens with zero attached hydrogens (tertiary/aromatic N) is 1. The highest BCUT2D eigenvalue weighted by Crippen LogP contribution is 2.34. The van der Waals surface area contributed by atoms with Crippen LogP contribution >= 0.6 is 34.8 Å². The van der Waals surface area contributed by atoms with Crippen molar-refractivity contribution in [1.82, 2.24) is 4.98 Å². The van der Waals surface area contributed by atoms with Crippen molar-refractivity contribution in [2.75, 3.05) is 13.2 Å². The van der Waals surface area contributed by atoms with Gasteiger partial charge in [-0.15, -0.1) is 0 Å². The first-order chi connectivity index (χ1) is 16.9. The maximum atomic E-state index is 11.8. The number of benzene rings is 2. The Balaban J connectivity index is 1.55. The van der Waals surface area contributed by atoms with E-state index in [0.717, 1.165) is 29.5 Å². The van der Waals surface area contributed by atoms with Gasteiger partial charge in [0, 0.05) is 18.6 Å². The molecule has 8 heteroatoms. The van der Waals surface area contributed by atoms with Crippen LogP contribution in [0.2, 0.25) is 15.1 Å². The second-order valence-corrected chi connectivity index (χ2v) is 9.01. The molecule has 0 amide bonds. The van der Waals surface area contributed by atoms with E-state index in [1.807, 2.05) is 32.0 Å². The van der Waals surface area contributed by atoms with E-state index in [9.17, 15) is 4.79 Å². The third-order valence-corrected chi connectivity index (χ3v) is 5.98. The minimum Gasteiger partial charge on any atom is -0.492 e. The summed E-state index contributed by atoms with van der Waals surface area (Å²) in [6.07, 6.45) is 7.15. The molecule has 0 aliphatic carbocycles. The van der Waals surface area contributed by atoms with Crippen LogP contribution in [0.5, 0.6) is 17.4 Å². The molecule has 3 aromatic rings. The summed E-state index contributed by atoms with van der Waals surface area (Å²) in [6, 6.07) is 12.6. The molecule has 0 radical (unpaired) electrons. The number of esters is 1. The molecule has 0 fully saturated rings. The van der Waals surface area contributed by atoms with E-state index in [2.05, 4.69) is 4.98 Å². The molecule has 184 valence electrons. The Bertz CT molecular complexity index is 1160. The van der Waals surface area contributed by atoms with Crippen LogP contribution in [0.25, 0.3) is 6.08 Å². The fourth-order valence-corrected chi connectivity index (χ4v) is 3.75. The molecule has 0 aliphatic rings. The van der Waals surface area contributed by atoms with Gasteiger partial charge in [-0.05, 0) is 66.4 Å². The molecule has 35 heavy (non-hydrogen) atoms. The predicted molar refractivity (Wildman–Crippen MR) is 141 cm³/mol. The van der Waals surface area contributed by atoms with E-state index in [0.29, 0.717) is 52.1 Å². The van der Waals surface area contributed by atoms with Crippen LogP contribution in [0.1, 0.15) is 36.5 Å². The Kier molecular flexibility index (Phi) is 10.3. The number of rotatable bonds is 11. The fraction of sp³-hybridized carbons (Fsp3) is 0.259. The standard InChI is InChI=1S/C27H26Cl3NO4/c1-3-4-12-34-26(32)10-6-20-14-18(2)27(24(30)16-20)35-25-9-7-21(17-31-25)33-13-11-19-5-8-22(28)23(29)15-19/h5-10,14-17H,3-4,11-13H2,1-2H3/b10-6+. The number of unbranched alkanes of at least 4 members (excludes halogenated alkanes) is 1. The SMILES string of the molecule is CCCCOC(=O)/C=C/c1cc(C)c(Oc2ccc(OCCc3ccc(Cl)c(Cl)c3)cn2)c(Cl)c1. The molecule has 0 saturated heterocycles. The van der Waals surface area contributed by atoms with Gasteiger partial charge in [0.15, 0.2) is 5.75 Å². The van der Waals surface area contributed by atoms with Crippen molar-refractivity contribution in [2.24, 2.45) is 0 Å². The van der Waals surface area contributed by atoms with Gasteiger partial charge in [-0.25, -0.2) is 9.78 Å². The monoisotopic (exact) mass is 533 g/mol. The van der Waals surface area contributed by atoms with Crippen LogP contribution in [0.3, 0.4) is 0 Å². The topological polar surface area (TPSA) is 57.7 Å². The van der Waals surface area contributed by atoms with Gasteiger partial charge < -0.3 is 14.2 Å². The molecule has 1 heterocycles. The number of pyridine rings is 1. The fourth-order valence-electron chi connectivity index (χ4n) is 3.11. The van der Waals surface area contributed by atoms with Gasteiger partial charge in [0.05, 0.1) is 34.5 Å². The molecule has 5 nitrogen and oxygen atoms in total. The lowest BCUT2D eigenvalue weighted by Gasteiger charge is -2.12. The van der Waals surface area contributed by atoms with Crippen molar-refractivity contribution in [3.8, 4) is 17.4 Å². The first kappa shape index (κ1) is 26.9. The molecule has 1 aromatic heterocycles. The van der Waals surface area contributed by atoms with Crippen molar-refractivity contribution >= 4 is 46.8 Å². The predicted octanol–water partition coefficient (Wildman–Crippen LogP) is 8.12. The van der Waals surface area contributed by atoms with Gasteiger partial charge in [0.2, 0.25) is 5.88 Å². The Hall–Kier alpha value is -2.73. The lowest BCUT2D eigenvalue weighted by Crippen LogP contribution is -2.02. The van der Waals surface area contributed by atoms with E-state index in [4.69, 9.17) is 49.0 Å². The molecule has 0 spiro atoms. The Morgan fingerprint density at radius 1 is 1.00 bits per heavy atom. The van der Waals surface area contributed by atoms with Crippen molar-refractivity contribution in [1.29, 1.82) is 0 Å². The van der Waals surface area contributed by atoms with Crippen molar-refractivity contribution < 1.29 is 19.0 Å². The van der Waals surface area contributed by atoms with Gasteiger partial charge in [-0.2, -0.15) is 0 Å². The molecule has 0 bridgehead atoms. The van der Waals surface area contributed by atoms with Gasteiger partial charge in [0.1, 0.15) is 5.75 Å². The number of halogens is 3. The minimum atomic E-state index is -0.379. The smallest absolute Gasteiger partial charge is 0.330 e. The van der Waals surface area contributed by atoms with Gasteiger partial charge in [-0.3, -0.25) is 0 Å². The number of aryl methyl sites for hydroxylation is 1. The van der Waals surface area contributed by atoms with Crippen molar-refractivity contribution in [3.63, 3.8) is 0 Å². The minimum absolute atomic E-state index is 0.379. The van der Waals surface area contributed by atoms with Crippen LogP contribution in [0.15, 0.2) is 54.7 Å². The van der Waals surface area contributed by atoms with Gasteiger partial charge in [-0.1, -0.05) is 54.2 Å². The zero-order valence-electron chi connectivity index (χ0n) is 19.5. The maximum absolute atomic E-state index is 11.8. The summed E-state index contributed by atoms with van der Waals surface area (Å²) in [7, 11) is 0. The Labute approximate surface area is 220 Å². The second-order valence-electron chi connectivity index (χ2n) is 7.78. The third kappa shape index (κ3) is 8.46. The van der Waals surface area contributed by atoms with E-state index >= 15 is 0 Å². The number of hydrogen-bond donors (Lipinski definition) is 0. The average molecular weight is 535 g/mol. The van der Waals surface area contributed by atoms with E-state index in [1.54, 1.807) is 36.5 Å². The summed E-state index contributed by atoms with van der Waals surface area (Å²) in [6.45, 7) is 4.79. The molecule has 0 aliphatic heterocycles. The summed E-state index contributed by atoms with van der Waals surface area (Å²) in [5.74, 6) is 1.12. The highest BCUT2D eigenvalue weighted by atomic mass is 35.5. The zero-order chi connectivity index (χ0) is 25.2. The highest BCUT2D eigenvalue weighted by Gasteiger charge is 2.10. The van der Waals surface area contributed by atoms with E-state index in [1.165, 1.54) is 6.08 Å². The first-order valence-electron chi connectivity index (χ1n) is 11.2. The second kappa shape index (κ2) is 13.4. The molecular formula is C27H26Cl3NO4. The molecule has 0 atom stereocenters. The molecule has 0 N–H and O–H groups in total. The van der Waals surface area contributed by atoms with E-state index < -0.39 is 0 Å². The first-order valence-corrected chi connectivity index (χ1v) is 12.3. The average Bonchev–Trinajstić information content (AvgIpc) is 2.83. The number of carbonyl (C=O) groups is 1. The Morgan fingerprint density at radius 3 is 2.51 bits per heavy atom. The van der Waals surface area contributed by atoms with Crippen LogP contribution in [0, 0.1) is 6.92 Å². The third-order valence-electron chi connectivity index (χ3n) is 4.97. The van der Waals surface area contributed by atoms with E-state index in [-0.39, 0.29) is 5.97 Å². The zero-order valence-corrected chi connectivity index (χ0v) is 21.8. The number of aromatic nitrogens is 1. The maximum Gasteiger partial charge on any atom is 0.330 e. The molecular weight excluding hydrogens is 509 g/mol. The summed E-state index contributed by atoms with van der Waals surface area (Å²) in [4.78, 5) is 16.1. The van der Waals surface area contributed by atoms with Crippen LogP contribution in [0.4, 0.5) is 0 Å². The summed E-state index contributed by atoms with van der Waals surface area (Å²) >= 11 is 18.4. The van der Waals surface area contributed by atoms with Crippen molar-refractivity contribution in [3.05, 3.63) is 86.5 Å². The van der Waals surface area contributed by atoms with Crippen molar-refractivity contribution in [2.45, 2.75) is 33.1 Å². The summed E-state index contributed by atoms with van der Waals surface area (Å²) in [5.41, 5.74) is 2.61. The summed E-state index contributed by atoms with van der Waals surface area (Å²) < 4.78 is 16.8. The molecule has 0 unspecified atom stereocenters.